The Bertz CT molecular complexity index is 737. The first-order chi connectivity index (χ1) is 11.4. The lowest BCUT2D eigenvalue weighted by Gasteiger charge is -2.31. The molecule has 1 atom stereocenters. The second-order valence-corrected chi connectivity index (χ2v) is 6.00. The molecule has 3 aromatic rings. The van der Waals surface area contributed by atoms with Crippen molar-refractivity contribution in [2.45, 2.75) is 25.3 Å². The minimum atomic E-state index is 0.522. The Morgan fingerprint density at radius 1 is 1.22 bits per heavy atom. The van der Waals surface area contributed by atoms with E-state index in [1.54, 1.807) is 12.4 Å². The van der Waals surface area contributed by atoms with Gasteiger partial charge in [-0.25, -0.2) is 0 Å². The van der Waals surface area contributed by atoms with Crippen molar-refractivity contribution in [3.8, 4) is 11.3 Å². The van der Waals surface area contributed by atoms with Crippen LogP contribution in [-0.2, 0) is 6.54 Å². The van der Waals surface area contributed by atoms with Crippen LogP contribution < -0.4 is 0 Å². The normalized spacial score (nSPS) is 19.0. The minimum absolute atomic E-state index is 0.522. The molecule has 1 unspecified atom stereocenters. The van der Waals surface area contributed by atoms with Crippen LogP contribution in [0.25, 0.3) is 11.3 Å². The molecular weight excluding hydrogens is 290 g/mol. The monoisotopic (exact) mass is 309 g/mol. The van der Waals surface area contributed by atoms with E-state index in [2.05, 4.69) is 31.3 Å². The number of aromatic amines is 1. The maximum absolute atomic E-state index is 5.52. The standard InChI is InChI=1S/C17H19N5O/c1-2-14(16-5-8-19-20-16)11-22(9-1)12-15-10-17(21-23-15)13-3-6-18-7-4-13/h3-8,10,14H,1-2,9,11-12H2,(H,19,20). The van der Waals surface area contributed by atoms with E-state index >= 15 is 0 Å². The summed E-state index contributed by atoms with van der Waals surface area (Å²) in [6, 6.07) is 7.98. The Hall–Kier alpha value is -2.47. The van der Waals surface area contributed by atoms with Gasteiger partial charge in [-0.05, 0) is 37.6 Å². The summed E-state index contributed by atoms with van der Waals surface area (Å²) in [6.07, 6.45) is 7.75. The van der Waals surface area contributed by atoms with Gasteiger partial charge in [-0.3, -0.25) is 15.0 Å². The maximum Gasteiger partial charge on any atom is 0.151 e. The predicted molar refractivity (Wildman–Crippen MR) is 85.6 cm³/mol. The molecule has 0 aliphatic carbocycles. The van der Waals surface area contributed by atoms with E-state index < -0.39 is 0 Å². The van der Waals surface area contributed by atoms with Gasteiger partial charge in [0, 0.05) is 48.4 Å². The van der Waals surface area contributed by atoms with Gasteiger partial charge >= 0.3 is 0 Å². The number of piperidine rings is 1. The Morgan fingerprint density at radius 3 is 2.96 bits per heavy atom. The van der Waals surface area contributed by atoms with Crippen molar-refractivity contribution in [1.82, 2.24) is 25.2 Å². The molecule has 1 aliphatic heterocycles. The van der Waals surface area contributed by atoms with Crippen LogP contribution in [0.3, 0.4) is 0 Å². The topological polar surface area (TPSA) is 70.8 Å². The van der Waals surface area contributed by atoms with E-state index in [-0.39, 0.29) is 0 Å². The lowest BCUT2D eigenvalue weighted by molar-refractivity contribution is 0.179. The summed E-state index contributed by atoms with van der Waals surface area (Å²) in [5.74, 6) is 1.43. The third kappa shape index (κ3) is 3.17. The van der Waals surface area contributed by atoms with Crippen LogP contribution in [-0.4, -0.2) is 38.3 Å². The van der Waals surface area contributed by atoms with Crippen molar-refractivity contribution >= 4 is 0 Å². The van der Waals surface area contributed by atoms with Gasteiger partial charge < -0.3 is 4.52 Å². The summed E-state index contributed by atoms with van der Waals surface area (Å²) in [5, 5.41) is 11.3. The van der Waals surface area contributed by atoms with Gasteiger partial charge in [0.05, 0.1) is 6.54 Å². The minimum Gasteiger partial charge on any atom is -0.359 e. The Kier molecular flexibility index (Phi) is 3.90. The highest BCUT2D eigenvalue weighted by Crippen LogP contribution is 2.27. The van der Waals surface area contributed by atoms with Crippen molar-refractivity contribution in [1.29, 1.82) is 0 Å². The van der Waals surface area contributed by atoms with Gasteiger partial charge in [0.1, 0.15) is 5.69 Å². The highest BCUT2D eigenvalue weighted by Gasteiger charge is 2.23. The lowest BCUT2D eigenvalue weighted by Crippen LogP contribution is -2.33. The first kappa shape index (κ1) is 14.1. The molecule has 4 rings (SSSR count). The number of hydrogen-bond acceptors (Lipinski definition) is 5. The fraction of sp³-hybridized carbons (Fsp3) is 0.353. The van der Waals surface area contributed by atoms with E-state index in [0.717, 1.165) is 36.7 Å². The van der Waals surface area contributed by atoms with Crippen LogP contribution in [0.5, 0.6) is 0 Å². The SMILES string of the molecule is c1cc(-c2cc(CN3CCCC(c4ccn[nH]4)C3)on2)ccn1. The summed E-state index contributed by atoms with van der Waals surface area (Å²) in [5.41, 5.74) is 3.12. The summed E-state index contributed by atoms with van der Waals surface area (Å²) < 4.78 is 5.52. The highest BCUT2D eigenvalue weighted by molar-refractivity contribution is 5.57. The molecule has 6 heteroatoms. The quantitative estimate of drug-likeness (QED) is 0.802. The number of likely N-dealkylation sites (tertiary alicyclic amines) is 1. The first-order valence-corrected chi connectivity index (χ1v) is 7.96. The van der Waals surface area contributed by atoms with Crippen LogP contribution >= 0.6 is 0 Å². The van der Waals surface area contributed by atoms with Crippen LogP contribution in [0.1, 0.15) is 30.2 Å². The van der Waals surface area contributed by atoms with E-state index in [0.29, 0.717) is 5.92 Å². The molecular formula is C17H19N5O. The molecule has 0 radical (unpaired) electrons. The highest BCUT2D eigenvalue weighted by atomic mass is 16.5. The number of nitrogens with zero attached hydrogens (tertiary/aromatic N) is 4. The maximum atomic E-state index is 5.52. The number of aromatic nitrogens is 4. The van der Waals surface area contributed by atoms with Gasteiger partial charge in [0.2, 0.25) is 0 Å². The number of H-pyrrole nitrogens is 1. The fourth-order valence-electron chi connectivity index (χ4n) is 3.21. The molecule has 0 aromatic carbocycles. The molecule has 0 bridgehead atoms. The van der Waals surface area contributed by atoms with Crippen LogP contribution in [0, 0.1) is 0 Å². The van der Waals surface area contributed by atoms with Crippen molar-refractivity contribution < 1.29 is 4.52 Å². The predicted octanol–water partition coefficient (Wildman–Crippen LogP) is 2.84. The zero-order valence-electron chi connectivity index (χ0n) is 12.9. The zero-order chi connectivity index (χ0) is 15.5. The molecule has 0 saturated carbocycles. The molecule has 118 valence electrons. The Labute approximate surface area is 134 Å². The van der Waals surface area contributed by atoms with E-state index in [1.165, 1.54) is 18.5 Å². The van der Waals surface area contributed by atoms with Crippen LogP contribution in [0.4, 0.5) is 0 Å². The third-order valence-corrected chi connectivity index (χ3v) is 4.38. The number of pyridine rings is 1. The Morgan fingerprint density at radius 2 is 2.13 bits per heavy atom. The van der Waals surface area contributed by atoms with E-state index in [1.807, 2.05) is 24.4 Å². The second kappa shape index (κ2) is 6.34. The molecule has 6 nitrogen and oxygen atoms in total. The second-order valence-electron chi connectivity index (χ2n) is 6.00. The average molecular weight is 309 g/mol. The summed E-state index contributed by atoms with van der Waals surface area (Å²) >= 11 is 0. The molecule has 1 fully saturated rings. The molecule has 1 N–H and O–H groups in total. The molecule has 4 heterocycles. The number of rotatable bonds is 4. The van der Waals surface area contributed by atoms with E-state index in [4.69, 9.17) is 4.52 Å². The van der Waals surface area contributed by atoms with Gasteiger partial charge in [0.25, 0.3) is 0 Å². The molecule has 0 spiro atoms. The van der Waals surface area contributed by atoms with Gasteiger partial charge in [-0.1, -0.05) is 5.16 Å². The summed E-state index contributed by atoms with van der Waals surface area (Å²) in [6.45, 7) is 2.91. The van der Waals surface area contributed by atoms with Gasteiger partial charge in [-0.2, -0.15) is 5.10 Å². The number of hydrogen-bond donors (Lipinski definition) is 1. The van der Waals surface area contributed by atoms with Gasteiger partial charge in [0.15, 0.2) is 5.76 Å². The van der Waals surface area contributed by atoms with Gasteiger partial charge in [-0.15, -0.1) is 0 Å². The lowest BCUT2D eigenvalue weighted by atomic mass is 9.95. The van der Waals surface area contributed by atoms with E-state index in [9.17, 15) is 0 Å². The molecule has 1 aliphatic rings. The van der Waals surface area contributed by atoms with Crippen molar-refractivity contribution in [3.63, 3.8) is 0 Å². The van der Waals surface area contributed by atoms with Crippen molar-refractivity contribution in [3.05, 3.63) is 54.3 Å². The fourth-order valence-corrected chi connectivity index (χ4v) is 3.21. The first-order valence-electron chi connectivity index (χ1n) is 7.96. The zero-order valence-corrected chi connectivity index (χ0v) is 12.9. The molecule has 1 saturated heterocycles. The number of nitrogens with one attached hydrogen (secondary N) is 1. The molecule has 23 heavy (non-hydrogen) atoms. The molecule has 0 amide bonds. The summed E-state index contributed by atoms with van der Waals surface area (Å²) in [7, 11) is 0. The Balaban J connectivity index is 1.43. The third-order valence-electron chi connectivity index (χ3n) is 4.38. The van der Waals surface area contributed by atoms with Crippen LogP contribution in [0.15, 0.2) is 47.4 Å². The average Bonchev–Trinajstić information content (AvgIpc) is 3.28. The molecule has 3 aromatic heterocycles. The largest absolute Gasteiger partial charge is 0.359 e. The smallest absolute Gasteiger partial charge is 0.151 e. The van der Waals surface area contributed by atoms with Crippen molar-refractivity contribution in [2.75, 3.05) is 13.1 Å². The summed E-state index contributed by atoms with van der Waals surface area (Å²) in [4.78, 5) is 6.45. The van der Waals surface area contributed by atoms with Crippen molar-refractivity contribution in [2.24, 2.45) is 0 Å². The van der Waals surface area contributed by atoms with Crippen LogP contribution in [0.2, 0.25) is 0 Å².